The molecule has 60 valence electrons. The van der Waals surface area contributed by atoms with Crippen molar-refractivity contribution in [3.63, 3.8) is 0 Å². The second kappa shape index (κ2) is 3.05. The lowest BCUT2D eigenvalue weighted by atomic mass is 10.2. The molecule has 5 nitrogen and oxygen atoms in total. The van der Waals surface area contributed by atoms with Crippen molar-refractivity contribution < 1.29 is 9.32 Å². The van der Waals surface area contributed by atoms with E-state index in [0.717, 1.165) is 0 Å². The van der Waals surface area contributed by atoms with Gasteiger partial charge in [0.25, 0.3) is 5.56 Å². The van der Waals surface area contributed by atoms with Crippen molar-refractivity contribution in [3.8, 4) is 0 Å². The summed E-state index contributed by atoms with van der Waals surface area (Å²) >= 11 is 0. The minimum Gasteiger partial charge on any atom is -0.384 e. The van der Waals surface area contributed by atoms with E-state index in [1.807, 2.05) is 0 Å². The summed E-state index contributed by atoms with van der Waals surface area (Å²) in [5.74, 6) is 0.0441. The zero-order chi connectivity index (χ0) is 8.27. The van der Waals surface area contributed by atoms with Gasteiger partial charge in [0.15, 0.2) is 0 Å². The third-order valence-electron chi connectivity index (χ3n) is 1.19. The Balaban J connectivity index is 2.51. The predicted molar refractivity (Wildman–Crippen MR) is 36.8 cm³/mol. The standard InChI is InChI=1S/C6H8N2O3/c7-5(9)2-1-4-3-6(10)8-11-4/h3H,1-2H2,(H2,7,9)(H,8,10). The zero-order valence-electron chi connectivity index (χ0n) is 5.79. The first-order valence-corrected chi connectivity index (χ1v) is 3.14. The highest BCUT2D eigenvalue weighted by atomic mass is 16.5. The quantitative estimate of drug-likeness (QED) is 0.611. The van der Waals surface area contributed by atoms with E-state index in [9.17, 15) is 9.59 Å². The van der Waals surface area contributed by atoms with Crippen molar-refractivity contribution in [2.75, 3.05) is 0 Å². The lowest BCUT2D eigenvalue weighted by Crippen LogP contribution is -2.10. The van der Waals surface area contributed by atoms with Gasteiger partial charge in [0.2, 0.25) is 5.91 Å². The van der Waals surface area contributed by atoms with E-state index in [2.05, 4.69) is 9.68 Å². The third-order valence-corrected chi connectivity index (χ3v) is 1.19. The molecule has 0 saturated heterocycles. The Morgan fingerprint density at radius 2 is 2.45 bits per heavy atom. The van der Waals surface area contributed by atoms with Crippen LogP contribution in [0.2, 0.25) is 0 Å². The van der Waals surface area contributed by atoms with Crippen LogP contribution in [-0.2, 0) is 11.2 Å². The second-order valence-corrected chi connectivity index (χ2v) is 2.15. The number of aromatic amines is 1. The van der Waals surface area contributed by atoms with Gasteiger partial charge in [-0.3, -0.25) is 9.59 Å². The van der Waals surface area contributed by atoms with Crippen LogP contribution in [0.3, 0.4) is 0 Å². The van der Waals surface area contributed by atoms with Crippen molar-refractivity contribution in [1.29, 1.82) is 0 Å². The van der Waals surface area contributed by atoms with Crippen LogP contribution in [0.1, 0.15) is 12.2 Å². The Labute approximate surface area is 62.2 Å². The number of rotatable bonds is 3. The zero-order valence-corrected chi connectivity index (χ0v) is 5.79. The maximum Gasteiger partial charge on any atom is 0.280 e. The minimum atomic E-state index is -0.408. The van der Waals surface area contributed by atoms with E-state index in [1.165, 1.54) is 6.07 Å². The summed E-state index contributed by atoms with van der Waals surface area (Å²) in [6.45, 7) is 0. The van der Waals surface area contributed by atoms with Crippen LogP contribution in [-0.4, -0.2) is 11.1 Å². The van der Waals surface area contributed by atoms with Crippen molar-refractivity contribution in [3.05, 3.63) is 22.2 Å². The number of hydrogen-bond acceptors (Lipinski definition) is 3. The summed E-state index contributed by atoms with van der Waals surface area (Å²) in [4.78, 5) is 20.7. The molecule has 0 bridgehead atoms. The summed E-state index contributed by atoms with van der Waals surface area (Å²) in [5.41, 5.74) is 4.58. The second-order valence-electron chi connectivity index (χ2n) is 2.15. The Hall–Kier alpha value is -1.52. The van der Waals surface area contributed by atoms with Gasteiger partial charge < -0.3 is 10.3 Å². The monoisotopic (exact) mass is 156 g/mol. The highest BCUT2D eigenvalue weighted by Crippen LogP contribution is 1.96. The lowest BCUT2D eigenvalue weighted by Gasteiger charge is -1.88. The topological polar surface area (TPSA) is 89.1 Å². The number of amides is 1. The first-order chi connectivity index (χ1) is 5.18. The van der Waals surface area contributed by atoms with E-state index in [0.29, 0.717) is 12.2 Å². The van der Waals surface area contributed by atoms with Crippen LogP contribution in [0.4, 0.5) is 0 Å². The van der Waals surface area contributed by atoms with Gasteiger partial charge in [-0.1, -0.05) is 0 Å². The van der Waals surface area contributed by atoms with Gasteiger partial charge in [0, 0.05) is 18.9 Å². The van der Waals surface area contributed by atoms with Crippen LogP contribution >= 0.6 is 0 Å². The van der Waals surface area contributed by atoms with Crippen molar-refractivity contribution in [2.24, 2.45) is 5.73 Å². The molecule has 1 aromatic heterocycles. The number of nitrogens with one attached hydrogen (secondary N) is 1. The van der Waals surface area contributed by atoms with E-state index >= 15 is 0 Å². The largest absolute Gasteiger partial charge is 0.384 e. The Kier molecular flexibility index (Phi) is 2.10. The van der Waals surface area contributed by atoms with Crippen molar-refractivity contribution >= 4 is 5.91 Å². The fourth-order valence-corrected chi connectivity index (χ4v) is 0.691. The number of primary amides is 1. The highest BCUT2D eigenvalue weighted by molar-refractivity contribution is 5.73. The normalized spacial score (nSPS) is 9.82. The average molecular weight is 156 g/mol. The maximum absolute atomic E-state index is 10.5. The average Bonchev–Trinajstić information content (AvgIpc) is 2.31. The van der Waals surface area contributed by atoms with Crippen LogP contribution in [0, 0.1) is 0 Å². The number of aromatic nitrogens is 1. The number of aryl methyl sites for hydroxylation is 1. The molecule has 0 fully saturated rings. The molecule has 1 amide bonds. The molecule has 0 unspecified atom stereocenters. The minimum absolute atomic E-state index is 0.195. The fraction of sp³-hybridized carbons (Fsp3) is 0.333. The molecule has 1 rings (SSSR count). The molecule has 0 atom stereocenters. The molecule has 0 aromatic carbocycles. The molecular formula is C6H8N2O3. The third kappa shape index (κ3) is 2.29. The molecule has 3 N–H and O–H groups in total. The van der Waals surface area contributed by atoms with Crippen LogP contribution < -0.4 is 11.3 Å². The molecule has 1 aromatic rings. The Bertz CT molecular complexity index is 299. The van der Waals surface area contributed by atoms with Gasteiger partial charge in [0.1, 0.15) is 5.76 Å². The predicted octanol–water partition coefficient (Wildman–Crippen LogP) is -0.614. The van der Waals surface area contributed by atoms with Gasteiger partial charge in [-0.15, -0.1) is 0 Å². The van der Waals surface area contributed by atoms with Crippen LogP contribution in [0.25, 0.3) is 0 Å². The molecule has 1 heterocycles. The summed E-state index contributed by atoms with van der Waals surface area (Å²) < 4.78 is 4.67. The van der Waals surface area contributed by atoms with Crippen LogP contribution in [0.15, 0.2) is 15.4 Å². The van der Waals surface area contributed by atoms with E-state index in [1.54, 1.807) is 0 Å². The number of hydrogen-bond donors (Lipinski definition) is 2. The molecule has 0 radical (unpaired) electrons. The first-order valence-electron chi connectivity index (χ1n) is 3.14. The van der Waals surface area contributed by atoms with E-state index < -0.39 is 5.91 Å². The summed E-state index contributed by atoms with van der Waals surface area (Å²) in [5, 5.41) is 2.11. The maximum atomic E-state index is 10.5. The summed E-state index contributed by atoms with van der Waals surface area (Å²) in [7, 11) is 0. The SMILES string of the molecule is NC(=O)CCc1cc(=O)[nH]o1. The van der Waals surface area contributed by atoms with Gasteiger partial charge >= 0.3 is 0 Å². The Morgan fingerprint density at radius 1 is 1.73 bits per heavy atom. The van der Waals surface area contributed by atoms with E-state index in [-0.39, 0.29) is 12.0 Å². The van der Waals surface area contributed by atoms with E-state index in [4.69, 9.17) is 5.73 Å². The van der Waals surface area contributed by atoms with Gasteiger partial charge in [-0.05, 0) is 0 Å². The molecule has 0 aliphatic rings. The van der Waals surface area contributed by atoms with Gasteiger partial charge in [-0.2, -0.15) is 5.16 Å². The van der Waals surface area contributed by atoms with Gasteiger partial charge in [-0.25, -0.2) is 0 Å². The van der Waals surface area contributed by atoms with Crippen LogP contribution in [0.5, 0.6) is 0 Å². The van der Waals surface area contributed by atoms with Gasteiger partial charge in [0.05, 0.1) is 0 Å². The lowest BCUT2D eigenvalue weighted by molar-refractivity contribution is -0.118. The summed E-state index contributed by atoms with van der Waals surface area (Å²) in [6.07, 6.45) is 0.564. The first kappa shape index (κ1) is 7.59. The molecule has 0 aliphatic carbocycles. The molecular weight excluding hydrogens is 148 g/mol. The molecule has 0 spiro atoms. The number of nitrogens with two attached hydrogens (primary N) is 1. The number of H-pyrrole nitrogens is 1. The molecule has 11 heavy (non-hydrogen) atoms. The van der Waals surface area contributed by atoms with Crippen molar-refractivity contribution in [1.82, 2.24) is 5.16 Å². The number of carbonyl (C=O) groups is 1. The molecule has 0 saturated carbocycles. The Morgan fingerprint density at radius 3 is 2.91 bits per heavy atom. The molecule has 0 aliphatic heterocycles. The summed E-state index contributed by atoms with van der Waals surface area (Å²) in [6, 6.07) is 1.29. The highest BCUT2D eigenvalue weighted by Gasteiger charge is 2.01. The number of carbonyl (C=O) groups excluding carboxylic acids is 1. The fourth-order valence-electron chi connectivity index (χ4n) is 0.691. The molecule has 5 heteroatoms. The van der Waals surface area contributed by atoms with Crippen molar-refractivity contribution in [2.45, 2.75) is 12.8 Å². The smallest absolute Gasteiger partial charge is 0.280 e.